The summed E-state index contributed by atoms with van der Waals surface area (Å²) in [6.07, 6.45) is 3.62. The summed E-state index contributed by atoms with van der Waals surface area (Å²) >= 11 is -3.83. The summed E-state index contributed by atoms with van der Waals surface area (Å²) in [6, 6.07) is 2.33. The van der Waals surface area contributed by atoms with Gasteiger partial charge in [0.05, 0.1) is 0 Å². The number of fused-ring (bicyclic) bond motifs is 2. The zero-order valence-corrected chi connectivity index (χ0v) is 15.8. The van der Waals surface area contributed by atoms with E-state index in [1.54, 1.807) is 0 Å². The molecular formula is C15H21NO5Sn. The van der Waals surface area contributed by atoms with Gasteiger partial charge >= 0.3 is 134 Å². The Morgan fingerprint density at radius 3 is 1.77 bits per heavy atom. The number of hydrogen-bond donors (Lipinski definition) is 1. The van der Waals surface area contributed by atoms with Gasteiger partial charge in [-0.3, -0.25) is 0 Å². The normalized spacial score (nSPS) is 16.5. The Balaban J connectivity index is 2.39. The van der Waals surface area contributed by atoms with Crippen molar-refractivity contribution in [3.63, 3.8) is 0 Å². The van der Waals surface area contributed by atoms with Gasteiger partial charge in [-0.2, -0.15) is 0 Å². The molecule has 22 heavy (non-hydrogen) atoms. The van der Waals surface area contributed by atoms with Crippen LogP contribution in [0.2, 0.25) is 8.87 Å². The molecule has 1 aliphatic rings. The maximum atomic E-state index is 12.3. The van der Waals surface area contributed by atoms with E-state index in [9.17, 15) is 14.4 Å². The van der Waals surface area contributed by atoms with Gasteiger partial charge in [0.25, 0.3) is 0 Å². The van der Waals surface area contributed by atoms with E-state index < -0.39 is 36.6 Å². The molecule has 0 atom stereocenters. The van der Waals surface area contributed by atoms with E-state index in [-0.39, 0.29) is 11.4 Å². The number of nitrogens with one attached hydrogen (secondary N) is 1. The summed E-state index contributed by atoms with van der Waals surface area (Å²) in [7, 11) is 0. The zero-order chi connectivity index (χ0) is 16.2. The Morgan fingerprint density at radius 2 is 1.36 bits per heavy atom. The molecule has 0 spiro atoms. The molecule has 2 heterocycles. The molecule has 0 aromatic carbocycles. The first kappa shape index (κ1) is 17.0. The molecule has 6 nitrogen and oxygen atoms in total. The van der Waals surface area contributed by atoms with Crippen LogP contribution < -0.4 is 5.43 Å². The summed E-state index contributed by atoms with van der Waals surface area (Å²) in [4.78, 5) is 38.8. The minimum atomic E-state index is -3.83. The van der Waals surface area contributed by atoms with Crippen molar-refractivity contribution in [2.24, 2.45) is 0 Å². The number of H-pyrrole nitrogens is 1. The van der Waals surface area contributed by atoms with Crippen LogP contribution >= 0.6 is 0 Å². The molecule has 0 amide bonds. The van der Waals surface area contributed by atoms with E-state index in [1.165, 1.54) is 12.1 Å². The second kappa shape index (κ2) is 7.30. The first-order valence-corrected chi connectivity index (χ1v) is 14.1. The van der Waals surface area contributed by atoms with Crippen molar-refractivity contribution in [3.8, 4) is 0 Å². The van der Waals surface area contributed by atoms with Gasteiger partial charge in [-0.1, -0.05) is 0 Å². The van der Waals surface area contributed by atoms with Gasteiger partial charge in [-0.05, 0) is 0 Å². The van der Waals surface area contributed by atoms with Crippen molar-refractivity contribution in [2.75, 3.05) is 0 Å². The van der Waals surface area contributed by atoms with Gasteiger partial charge < -0.3 is 0 Å². The molecule has 0 radical (unpaired) electrons. The van der Waals surface area contributed by atoms with Crippen LogP contribution in [0.4, 0.5) is 0 Å². The fraction of sp³-hybridized carbons (Fsp3) is 0.533. The molecule has 1 aliphatic heterocycles. The predicted octanol–water partition coefficient (Wildman–Crippen LogP) is 2.74. The average Bonchev–Trinajstić information content (AvgIpc) is 2.49. The number of unbranched alkanes of at least 4 members (excludes halogenated alkanes) is 2. The Morgan fingerprint density at radius 1 is 0.909 bits per heavy atom. The summed E-state index contributed by atoms with van der Waals surface area (Å²) in [6.45, 7) is 4.10. The van der Waals surface area contributed by atoms with Gasteiger partial charge in [-0.15, -0.1) is 0 Å². The second-order valence-corrected chi connectivity index (χ2v) is 14.8. The third-order valence-electron chi connectivity index (χ3n) is 3.66. The summed E-state index contributed by atoms with van der Waals surface area (Å²) in [5, 5.41) is 0. The molecule has 0 unspecified atom stereocenters. The average molecular weight is 414 g/mol. The van der Waals surface area contributed by atoms with Crippen LogP contribution in [0.25, 0.3) is 0 Å². The number of carbonyl (C=O) groups excluding carboxylic acids is 2. The summed E-state index contributed by atoms with van der Waals surface area (Å²) in [5.41, 5.74) is -0.344. The molecule has 1 aromatic rings. The third-order valence-corrected chi connectivity index (χ3v) is 13.2. The second-order valence-electron chi connectivity index (χ2n) is 5.54. The minimum absolute atomic E-state index is 0.0354. The molecule has 0 saturated carbocycles. The van der Waals surface area contributed by atoms with Crippen LogP contribution in [0.15, 0.2) is 16.9 Å². The van der Waals surface area contributed by atoms with Crippen LogP contribution in [0.1, 0.15) is 60.5 Å². The van der Waals surface area contributed by atoms with Crippen LogP contribution in [0, 0.1) is 0 Å². The topological polar surface area (TPSA) is 85.5 Å². The van der Waals surface area contributed by atoms with Crippen LogP contribution in [0.3, 0.4) is 0 Å². The summed E-state index contributed by atoms with van der Waals surface area (Å²) in [5.74, 6) is -1.15. The molecule has 7 heteroatoms. The number of aromatic amines is 1. The van der Waals surface area contributed by atoms with Crippen LogP contribution in [-0.2, 0) is 6.15 Å². The molecule has 1 N–H and O–H groups in total. The summed E-state index contributed by atoms with van der Waals surface area (Å²) < 4.78 is 12.7. The van der Waals surface area contributed by atoms with Gasteiger partial charge in [0.1, 0.15) is 0 Å². The van der Waals surface area contributed by atoms with Gasteiger partial charge in [-0.25, -0.2) is 0 Å². The van der Waals surface area contributed by atoms with E-state index in [2.05, 4.69) is 4.98 Å². The van der Waals surface area contributed by atoms with E-state index in [1.807, 2.05) is 13.8 Å². The molecule has 1 aromatic heterocycles. The quantitative estimate of drug-likeness (QED) is 0.724. The van der Waals surface area contributed by atoms with Crippen molar-refractivity contribution < 1.29 is 15.7 Å². The van der Waals surface area contributed by atoms with Gasteiger partial charge in [0, 0.05) is 0 Å². The number of carbonyl (C=O) groups is 2. The molecule has 0 aliphatic carbocycles. The van der Waals surface area contributed by atoms with Crippen molar-refractivity contribution in [3.05, 3.63) is 33.7 Å². The zero-order valence-electron chi connectivity index (χ0n) is 12.9. The Bertz CT molecular complexity index is 575. The Hall–Kier alpha value is -1.31. The SMILES string of the molecule is CCC[CH2][Sn]1([CH2]CCC)[O]C(=O)c2cc(=O)cc([nH]2)C(=O)[O]1. The van der Waals surface area contributed by atoms with Crippen LogP contribution in [0.5, 0.6) is 0 Å². The fourth-order valence-electron chi connectivity index (χ4n) is 2.45. The van der Waals surface area contributed by atoms with E-state index in [0.29, 0.717) is 8.87 Å². The molecule has 2 rings (SSSR count). The standard InChI is InChI=1S/C7H5NO5.2C4H9.Sn/c9-3-1-4(6(10)11)8-5(2-3)7(12)13;2*1-3-4-2;/h1-2H,(H,8,9)(H,10,11)(H,12,13);2*1,3-4H2,2H3;/q;;;+2/p-2. The van der Waals surface area contributed by atoms with Gasteiger partial charge in [0.2, 0.25) is 0 Å². The van der Waals surface area contributed by atoms with E-state index in [4.69, 9.17) is 6.15 Å². The number of aromatic nitrogens is 1. The van der Waals surface area contributed by atoms with Gasteiger partial charge in [0.15, 0.2) is 0 Å². The van der Waals surface area contributed by atoms with Crippen LogP contribution in [-0.4, -0.2) is 36.1 Å². The Kier molecular flexibility index (Phi) is 5.66. The molecule has 0 saturated heterocycles. The van der Waals surface area contributed by atoms with Crippen molar-refractivity contribution in [1.29, 1.82) is 0 Å². The predicted molar refractivity (Wildman–Crippen MR) is 83.1 cm³/mol. The third kappa shape index (κ3) is 3.91. The van der Waals surface area contributed by atoms with Crippen molar-refractivity contribution in [1.82, 2.24) is 4.98 Å². The number of pyridine rings is 1. The molecule has 120 valence electrons. The number of rotatable bonds is 6. The van der Waals surface area contributed by atoms with Crippen molar-refractivity contribution >= 4 is 31.1 Å². The first-order valence-electron chi connectivity index (χ1n) is 7.70. The fourth-order valence-corrected chi connectivity index (χ4v) is 12.1. The van der Waals surface area contributed by atoms with E-state index in [0.717, 1.165) is 25.7 Å². The monoisotopic (exact) mass is 415 g/mol. The Labute approximate surface area is 134 Å². The number of hydrogen-bond acceptors (Lipinski definition) is 5. The van der Waals surface area contributed by atoms with E-state index >= 15 is 0 Å². The molecule has 2 bridgehead atoms. The molecule has 0 fully saturated rings. The maximum absolute atomic E-state index is 12.3. The molecular weight excluding hydrogens is 393 g/mol. The first-order chi connectivity index (χ1) is 10.5. The van der Waals surface area contributed by atoms with Crippen molar-refractivity contribution in [2.45, 2.75) is 48.4 Å².